The number of nitrogens with one attached hydrogen (secondary N) is 1. The number of ether oxygens (including phenoxy) is 2. The monoisotopic (exact) mass is 448 g/mol. The number of hydrogen-bond acceptors (Lipinski definition) is 6. The fourth-order valence-corrected chi connectivity index (χ4v) is 4.34. The summed E-state index contributed by atoms with van der Waals surface area (Å²) >= 11 is 0. The van der Waals surface area contributed by atoms with Crippen LogP contribution in [-0.2, 0) is 0 Å². The van der Waals surface area contributed by atoms with Crippen molar-refractivity contribution in [3.05, 3.63) is 83.9 Å². The second-order valence-electron chi connectivity index (χ2n) is 8.05. The summed E-state index contributed by atoms with van der Waals surface area (Å²) in [6.07, 6.45) is 3.57. The average molecular weight is 448 g/mol. The molecule has 0 bridgehead atoms. The molecule has 2 aliphatic heterocycles. The van der Waals surface area contributed by atoms with Crippen LogP contribution in [0.4, 0.5) is 10.1 Å². The second kappa shape index (κ2) is 9.46. The Morgan fingerprint density at radius 3 is 2.64 bits per heavy atom. The fourth-order valence-electron chi connectivity index (χ4n) is 4.34. The number of carbonyl (C=O) groups excluding carboxylic acids is 1. The lowest BCUT2D eigenvalue weighted by molar-refractivity contribution is 0.0929. The van der Waals surface area contributed by atoms with Crippen LogP contribution in [0.3, 0.4) is 0 Å². The molecule has 5 rings (SSSR count). The van der Waals surface area contributed by atoms with Gasteiger partial charge in [0.25, 0.3) is 5.91 Å². The number of benzene rings is 2. The number of amides is 1. The number of nitrogens with zero attached hydrogens (tertiary/aromatic N) is 3. The van der Waals surface area contributed by atoms with Gasteiger partial charge in [-0.3, -0.25) is 14.7 Å². The number of aromatic nitrogens is 1. The zero-order chi connectivity index (χ0) is 22.6. The van der Waals surface area contributed by atoms with Crippen LogP contribution < -0.4 is 19.7 Å². The molecule has 2 aromatic carbocycles. The number of rotatable bonds is 6. The average Bonchev–Trinajstić information content (AvgIpc) is 3.33. The van der Waals surface area contributed by atoms with Gasteiger partial charge >= 0.3 is 0 Å². The standard InChI is InChI=1S/C25H25FN4O3/c26-20-5-1-2-6-21(20)29-10-12-30(13-11-29)22(19-4-3-9-27-15-19)16-28-25(31)18-7-8-23-24(14-18)33-17-32-23/h1-9,14-15,22H,10-13,16-17H2,(H,28,31)/t22-/m1/s1. The molecule has 0 spiro atoms. The maximum atomic E-state index is 14.2. The summed E-state index contributed by atoms with van der Waals surface area (Å²) in [5.74, 6) is 0.848. The molecule has 170 valence electrons. The van der Waals surface area contributed by atoms with Crippen molar-refractivity contribution in [2.45, 2.75) is 6.04 Å². The molecule has 1 aromatic heterocycles. The molecular formula is C25H25FN4O3. The minimum Gasteiger partial charge on any atom is -0.454 e. The van der Waals surface area contributed by atoms with E-state index in [9.17, 15) is 9.18 Å². The van der Waals surface area contributed by atoms with Crippen molar-refractivity contribution in [1.82, 2.24) is 15.2 Å². The normalized spacial score (nSPS) is 16.5. The summed E-state index contributed by atoms with van der Waals surface area (Å²) in [7, 11) is 0. The minimum absolute atomic E-state index is 0.0422. The van der Waals surface area contributed by atoms with Gasteiger partial charge in [0, 0.05) is 50.7 Å². The number of anilines is 1. The van der Waals surface area contributed by atoms with Gasteiger partial charge in [0.05, 0.1) is 11.7 Å². The quantitative estimate of drug-likeness (QED) is 0.625. The first-order valence-electron chi connectivity index (χ1n) is 11.0. The van der Waals surface area contributed by atoms with Crippen molar-refractivity contribution < 1.29 is 18.7 Å². The molecule has 1 amide bonds. The van der Waals surface area contributed by atoms with Crippen LogP contribution in [0, 0.1) is 5.82 Å². The van der Waals surface area contributed by atoms with Gasteiger partial charge in [0.15, 0.2) is 11.5 Å². The third-order valence-electron chi connectivity index (χ3n) is 6.11. The summed E-state index contributed by atoms with van der Waals surface area (Å²) in [6.45, 7) is 3.49. The molecule has 0 saturated carbocycles. The number of halogens is 1. The summed E-state index contributed by atoms with van der Waals surface area (Å²) in [6, 6.07) is 15.9. The summed E-state index contributed by atoms with van der Waals surface area (Å²) < 4.78 is 24.9. The van der Waals surface area contributed by atoms with Crippen LogP contribution in [0.25, 0.3) is 0 Å². The largest absolute Gasteiger partial charge is 0.454 e. The van der Waals surface area contributed by atoms with Crippen LogP contribution >= 0.6 is 0 Å². The van der Waals surface area contributed by atoms with Crippen molar-refractivity contribution in [3.8, 4) is 11.5 Å². The van der Waals surface area contributed by atoms with E-state index in [1.165, 1.54) is 6.07 Å². The van der Waals surface area contributed by atoms with Crippen LogP contribution in [0.1, 0.15) is 22.0 Å². The summed E-state index contributed by atoms with van der Waals surface area (Å²) in [4.78, 5) is 21.5. The predicted molar refractivity (Wildman–Crippen MR) is 122 cm³/mol. The number of carbonyl (C=O) groups is 1. The molecule has 3 aromatic rings. The van der Waals surface area contributed by atoms with Crippen molar-refractivity contribution in [2.24, 2.45) is 0 Å². The Bertz CT molecular complexity index is 1120. The van der Waals surface area contributed by atoms with Crippen LogP contribution in [0.15, 0.2) is 67.0 Å². The number of fused-ring (bicyclic) bond motifs is 1. The highest BCUT2D eigenvalue weighted by Gasteiger charge is 2.27. The van der Waals surface area contributed by atoms with E-state index >= 15 is 0 Å². The SMILES string of the molecule is O=C(NC[C@H](c1cccnc1)N1CCN(c2ccccc2F)CC1)c1ccc2c(c1)OCO2. The van der Waals surface area contributed by atoms with Gasteiger partial charge in [-0.05, 0) is 42.0 Å². The molecule has 33 heavy (non-hydrogen) atoms. The molecular weight excluding hydrogens is 423 g/mol. The van der Waals surface area contributed by atoms with Crippen molar-refractivity contribution >= 4 is 11.6 Å². The van der Waals surface area contributed by atoms with Crippen LogP contribution in [-0.4, -0.2) is 55.3 Å². The van der Waals surface area contributed by atoms with Crippen molar-refractivity contribution in [3.63, 3.8) is 0 Å². The van der Waals surface area contributed by atoms with Gasteiger partial charge in [-0.15, -0.1) is 0 Å². The Morgan fingerprint density at radius 2 is 1.85 bits per heavy atom. The van der Waals surface area contributed by atoms with Gasteiger partial charge < -0.3 is 19.7 Å². The molecule has 1 N–H and O–H groups in total. The van der Waals surface area contributed by atoms with E-state index < -0.39 is 0 Å². The van der Waals surface area contributed by atoms with Crippen molar-refractivity contribution in [2.75, 3.05) is 44.4 Å². The number of hydrogen-bond donors (Lipinski definition) is 1. The first-order chi connectivity index (χ1) is 16.2. The molecule has 8 heteroatoms. The molecule has 1 fully saturated rings. The topological polar surface area (TPSA) is 66.9 Å². The molecule has 2 aliphatic rings. The van der Waals surface area contributed by atoms with Crippen molar-refractivity contribution in [1.29, 1.82) is 0 Å². The van der Waals surface area contributed by atoms with Gasteiger partial charge in [-0.25, -0.2) is 4.39 Å². The van der Waals surface area contributed by atoms with E-state index in [1.807, 2.05) is 30.5 Å². The Hall–Kier alpha value is -3.65. The fraction of sp³-hybridized carbons (Fsp3) is 0.280. The molecule has 3 heterocycles. The third kappa shape index (κ3) is 4.61. The molecule has 7 nitrogen and oxygen atoms in total. The molecule has 0 radical (unpaired) electrons. The molecule has 0 aliphatic carbocycles. The first-order valence-corrected chi connectivity index (χ1v) is 11.0. The van der Waals surface area contributed by atoms with Gasteiger partial charge in [-0.1, -0.05) is 18.2 Å². The summed E-state index contributed by atoms with van der Waals surface area (Å²) in [5, 5.41) is 3.06. The number of para-hydroxylation sites is 1. The minimum atomic E-state index is -0.203. The lowest BCUT2D eigenvalue weighted by Crippen LogP contribution is -2.50. The van der Waals surface area contributed by atoms with E-state index in [-0.39, 0.29) is 24.6 Å². The summed E-state index contributed by atoms with van der Waals surface area (Å²) in [5.41, 5.74) is 2.18. The maximum absolute atomic E-state index is 14.2. The Morgan fingerprint density at radius 1 is 1.03 bits per heavy atom. The molecule has 1 atom stereocenters. The van der Waals surface area contributed by atoms with Gasteiger partial charge in [-0.2, -0.15) is 0 Å². The Balaban J connectivity index is 1.27. The number of piperazine rings is 1. The lowest BCUT2D eigenvalue weighted by atomic mass is 10.1. The van der Waals surface area contributed by atoms with Gasteiger partial charge in [0.1, 0.15) is 5.82 Å². The highest BCUT2D eigenvalue weighted by Crippen LogP contribution is 2.32. The third-order valence-corrected chi connectivity index (χ3v) is 6.11. The van der Waals surface area contributed by atoms with E-state index in [2.05, 4.69) is 20.1 Å². The highest BCUT2D eigenvalue weighted by atomic mass is 19.1. The second-order valence-corrected chi connectivity index (χ2v) is 8.05. The molecule has 0 unspecified atom stereocenters. The van der Waals surface area contributed by atoms with Gasteiger partial charge in [0.2, 0.25) is 6.79 Å². The smallest absolute Gasteiger partial charge is 0.251 e. The van der Waals surface area contributed by atoms with E-state index in [4.69, 9.17) is 9.47 Å². The van der Waals surface area contributed by atoms with Crippen LogP contribution in [0.2, 0.25) is 0 Å². The zero-order valence-electron chi connectivity index (χ0n) is 18.1. The highest BCUT2D eigenvalue weighted by molar-refractivity contribution is 5.95. The van der Waals surface area contributed by atoms with Crippen LogP contribution in [0.5, 0.6) is 11.5 Å². The maximum Gasteiger partial charge on any atom is 0.251 e. The predicted octanol–water partition coefficient (Wildman–Crippen LogP) is 3.24. The number of pyridine rings is 1. The first kappa shape index (κ1) is 21.2. The Labute approximate surface area is 191 Å². The zero-order valence-corrected chi connectivity index (χ0v) is 18.1. The molecule has 1 saturated heterocycles. The Kier molecular flexibility index (Phi) is 6.08. The van der Waals surface area contributed by atoms with E-state index in [0.29, 0.717) is 42.4 Å². The lowest BCUT2D eigenvalue weighted by Gasteiger charge is -2.40. The van der Waals surface area contributed by atoms with E-state index in [1.54, 1.807) is 30.5 Å². The van der Waals surface area contributed by atoms with E-state index in [0.717, 1.165) is 18.7 Å².